The van der Waals surface area contributed by atoms with Crippen LogP contribution in [0.5, 0.6) is 0 Å². The highest BCUT2D eigenvalue weighted by Crippen LogP contribution is 2.19. The molecule has 2 unspecified atom stereocenters. The summed E-state index contributed by atoms with van der Waals surface area (Å²) in [6.45, 7) is 2.85. The third kappa shape index (κ3) is 2.80. The smallest absolute Gasteiger partial charge is 0.218 e. The Morgan fingerprint density at radius 1 is 1.64 bits per heavy atom. The van der Waals surface area contributed by atoms with Gasteiger partial charge in [0.15, 0.2) is 0 Å². The average Bonchev–Trinajstić information content (AvgIpc) is 2.16. The van der Waals surface area contributed by atoms with Crippen molar-refractivity contribution in [3.63, 3.8) is 0 Å². The summed E-state index contributed by atoms with van der Waals surface area (Å²) >= 11 is 0. The summed E-state index contributed by atoms with van der Waals surface area (Å²) in [4.78, 5) is 23.6. The number of hydrogen-bond donors (Lipinski definition) is 1. The Balaban J connectivity index is 2.53. The van der Waals surface area contributed by atoms with Crippen LogP contribution in [0.25, 0.3) is 0 Å². The number of amides is 1. The van der Waals surface area contributed by atoms with Gasteiger partial charge in [-0.15, -0.1) is 0 Å². The molecule has 0 aromatic rings. The van der Waals surface area contributed by atoms with Gasteiger partial charge in [-0.1, -0.05) is 6.42 Å². The van der Waals surface area contributed by atoms with Crippen molar-refractivity contribution in [2.75, 3.05) is 6.54 Å². The summed E-state index contributed by atoms with van der Waals surface area (Å²) < 4.78 is 0. The molecule has 1 aliphatic heterocycles. The molecule has 0 aliphatic carbocycles. The molecule has 1 aliphatic rings. The van der Waals surface area contributed by atoms with Crippen LogP contribution in [0.1, 0.15) is 32.6 Å². The van der Waals surface area contributed by atoms with Gasteiger partial charge in [0.25, 0.3) is 0 Å². The number of nitrogens with two attached hydrogens (primary N) is 1. The van der Waals surface area contributed by atoms with Crippen molar-refractivity contribution in [3.05, 3.63) is 0 Å². The Morgan fingerprint density at radius 2 is 2.36 bits per heavy atom. The Labute approximate surface area is 84.4 Å². The zero-order valence-electron chi connectivity index (χ0n) is 8.61. The van der Waals surface area contributed by atoms with Gasteiger partial charge in [0.05, 0.1) is 6.04 Å². The fourth-order valence-corrected chi connectivity index (χ4v) is 2.08. The lowest BCUT2D eigenvalue weighted by atomic mass is 10.00. The number of rotatable bonds is 4. The second-order valence-corrected chi connectivity index (χ2v) is 3.96. The lowest BCUT2D eigenvalue weighted by molar-refractivity contribution is -0.121. The number of piperidine rings is 1. The quantitative estimate of drug-likeness (QED) is 0.661. The van der Waals surface area contributed by atoms with Crippen LogP contribution in [0.3, 0.4) is 0 Å². The van der Waals surface area contributed by atoms with E-state index in [-0.39, 0.29) is 18.0 Å². The van der Waals surface area contributed by atoms with Gasteiger partial charge < -0.3 is 10.5 Å². The van der Waals surface area contributed by atoms with Gasteiger partial charge >= 0.3 is 0 Å². The van der Waals surface area contributed by atoms with Crippen molar-refractivity contribution in [3.8, 4) is 0 Å². The molecular formula is C10H18N2O2. The Bertz CT molecular complexity index is 218. The molecule has 0 aromatic carbocycles. The summed E-state index contributed by atoms with van der Waals surface area (Å²) in [5, 5.41) is 0. The summed E-state index contributed by atoms with van der Waals surface area (Å²) in [6.07, 6.45) is 4.43. The molecular weight excluding hydrogens is 180 g/mol. The first kappa shape index (κ1) is 11.2. The molecule has 4 heteroatoms. The van der Waals surface area contributed by atoms with E-state index in [0.29, 0.717) is 6.42 Å². The largest absolute Gasteiger partial charge is 0.370 e. The maximum atomic E-state index is 10.8. The molecule has 0 spiro atoms. The molecule has 0 radical (unpaired) electrons. The maximum Gasteiger partial charge on any atom is 0.218 e. The Kier molecular flexibility index (Phi) is 4.07. The van der Waals surface area contributed by atoms with Crippen LogP contribution in [-0.2, 0) is 9.59 Å². The van der Waals surface area contributed by atoms with Crippen molar-refractivity contribution in [1.29, 1.82) is 0 Å². The SMILES string of the molecule is CC(CC(N)=O)N1CCCCC1C=O. The fraction of sp³-hybridized carbons (Fsp3) is 0.800. The van der Waals surface area contributed by atoms with E-state index in [0.717, 1.165) is 32.1 Å². The van der Waals surface area contributed by atoms with E-state index in [1.807, 2.05) is 6.92 Å². The zero-order valence-corrected chi connectivity index (χ0v) is 8.61. The first-order chi connectivity index (χ1) is 6.65. The van der Waals surface area contributed by atoms with Crippen LogP contribution >= 0.6 is 0 Å². The molecule has 4 nitrogen and oxygen atoms in total. The average molecular weight is 198 g/mol. The molecule has 14 heavy (non-hydrogen) atoms. The van der Waals surface area contributed by atoms with Gasteiger partial charge in [-0.2, -0.15) is 0 Å². The summed E-state index contributed by atoms with van der Waals surface area (Å²) in [6, 6.07) is 0.0705. The predicted molar refractivity (Wildman–Crippen MR) is 53.7 cm³/mol. The number of aldehydes is 1. The molecule has 2 atom stereocenters. The van der Waals surface area contributed by atoms with Crippen LogP contribution in [0.4, 0.5) is 0 Å². The molecule has 1 fully saturated rings. The van der Waals surface area contributed by atoms with Gasteiger partial charge in [-0.3, -0.25) is 9.69 Å². The molecule has 1 saturated heterocycles. The van der Waals surface area contributed by atoms with Crippen molar-refractivity contribution in [1.82, 2.24) is 4.90 Å². The monoisotopic (exact) mass is 198 g/mol. The number of primary amides is 1. The van der Waals surface area contributed by atoms with Gasteiger partial charge in [0.2, 0.25) is 5.91 Å². The molecule has 0 saturated carbocycles. The molecule has 80 valence electrons. The number of carbonyl (C=O) groups is 2. The molecule has 0 bridgehead atoms. The highest BCUT2D eigenvalue weighted by molar-refractivity contribution is 5.74. The second kappa shape index (κ2) is 5.10. The zero-order chi connectivity index (χ0) is 10.6. The minimum atomic E-state index is -0.298. The number of carbonyl (C=O) groups excluding carboxylic acids is 2. The Hall–Kier alpha value is -0.900. The molecule has 0 aromatic heterocycles. The topological polar surface area (TPSA) is 63.4 Å². The normalized spacial score (nSPS) is 25.6. The summed E-state index contributed by atoms with van der Waals surface area (Å²) in [5.41, 5.74) is 5.13. The van der Waals surface area contributed by atoms with E-state index in [1.165, 1.54) is 0 Å². The van der Waals surface area contributed by atoms with Crippen LogP contribution < -0.4 is 5.73 Å². The van der Waals surface area contributed by atoms with Crippen molar-refractivity contribution >= 4 is 12.2 Å². The van der Waals surface area contributed by atoms with Crippen LogP contribution in [0.2, 0.25) is 0 Å². The molecule has 2 N–H and O–H groups in total. The lowest BCUT2D eigenvalue weighted by Crippen LogP contribution is -2.47. The third-order valence-corrected chi connectivity index (χ3v) is 2.81. The highest BCUT2D eigenvalue weighted by Gasteiger charge is 2.26. The van der Waals surface area contributed by atoms with Crippen LogP contribution in [-0.4, -0.2) is 35.7 Å². The van der Waals surface area contributed by atoms with Crippen LogP contribution in [0.15, 0.2) is 0 Å². The highest BCUT2D eigenvalue weighted by atomic mass is 16.1. The number of nitrogens with zero attached hydrogens (tertiary/aromatic N) is 1. The van der Waals surface area contributed by atoms with Crippen molar-refractivity contribution < 1.29 is 9.59 Å². The van der Waals surface area contributed by atoms with E-state index < -0.39 is 0 Å². The summed E-state index contributed by atoms with van der Waals surface area (Å²) in [7, 11) is 0. The maximum absolute atomic E-state index is 10.8. The standard InChI is InChI=1S/C10H18N2O2/c1-8(6-10(11)14)12-5-3-2-4-9(12)7-13/h7-9H,2-6H2,1H3,(H2,11,14). The van der Waals surface area contributed by atoms with E-state index in [2.05, 4.69) is 4.90 Å². The van der Waals surface area contributed by atoms with Gasteiger partial charge in [-0.25, -0.2) is 0 Å². The number of likely N-dealkylation sites (tertiary alicyclic amines) is 1. The van der Waals surface area contributed by atoms with E-state index in [4.69, 9.17) is 5.73 Å². The van der Waals surface area contributed by atoms with E-state index >= 15 is 0 Å². The third-order valence-electron chi connectivity index (χ3n) is 2.81. The van der Waals surface area contributed by atoms with Crippen molar-refractivity contribution in [2.24, 2.45) is 5.73 Å². The Morgan fingerprint density at radius 3 is 2.93 bits per heavy atom. The first-order valence-corrected chi connectivity index (χ1v) is 5.14. The van der Waals surface area contributed by atoms with Gasteiger partial charge in [0, 0.05) is 12.5 Å². The second-order valence-electron chi connectivity index (χ2n) is 3.96. The van der Waals surface area contributed by atoms with Crippen molar-refractivity contribution in [2.45, 2.75) is 44.7 Å². The van der Waals surface area contributed by atoms with Gasteiger partial charge in [0.1, 0.15) is 6.29 Å². The van der Waals surface area contributed by atoms with E-state index in [1.54, 1.807) is 0 Å². The predicted octanol–water partition coefficient (Wildman–Crippen LogP) is 0.304. The minimum Gasteiger partial charge on any atom is -0.370 e. The fourth-order valence-electron chi connectivity index (χ4n) is 2.08. The van der Waals surface area contributed by atoms with E-state index in [9.17, 15) is 9.59 Å². The molecule has 1 rings (SSSR count). The molecule has 1 heterocycles. The number of hydrogen-bond acceptors (Lipinski definition) is 3. The first-order valence-electron chi connectivity index (χ1n) is 5.14. The van der Waals surface area contributed by atoms with Gasteiger partial charge in [-0.05, 0) is 26.3 Å². The molecule has 1 amide bonds. The lowest BCUT2D eigenvalue weighted by Gasteiger charge is -2.36. The van der Waals surface area contributed by atoms with Crippen LogP contribution in [0, 0.1) is 0 Å². The summed E-state index contributed by atoms with van der Waals surface area (Å²) in [5.74, 6) is -0.298. The minimum absolute atomic E-state index is 0.0156.